The highest BCUT2D eigenvalue weighted by Gasteiger charge is 2.17. The molecule has 0 aliphatic rings. The van der Waals surface area contributed by atoms with Crippen molar-refractivity contribution >= 4 is 55.3 Å². The lowest BCUT2D eigenvalue weighted by Crippen LogP contribution is -2.11. The monoisotopic (exact) mass is 573 g/mol. The Morgan fingerprint density at radius 1 is 0.698 bits per heavy atom. The van der Waals surface area contributed by atoms with Crippen LogP contribution in [0.1, 0.15) is 12.5 Å². The number of carbonyl (C=O) groups excluding carboxylic acids is 2. The summed E-state index contributed by atoms with van der Waals surface area (Å²) in [7, 11) is 0. The number of hydrogen-bond acceptors (Lipinski definition) is 6. The SMILES string of the molecule is C=CC(=O)OCCOc1cc(Cn2c3ccc4ccccc4c3c3c4ccccc4ccc32)cc(OCCOC(C)=O)c1. The van der Waals surface area contributed by atoms with E-state index in [4.69, 9.17) is 18.9 Å². The third-order valence-electron chi connectivity index (χ3n) is 7.35. The maximum atomic E-state index is 11.4. The Hall–Kier alpha value is -5.30. The van der Waals surface area contributed by atoms with Crippen LogP contribution in [0.5, 0.6) is 11.5 Å². The van der Waals surface area contributed by atoms with Crippen molar-refractivity contribution in [2.24, 2.45) is 0 Å². The normalized spacial score (nSPS) is 11.2. The van der Waals surface area contributed by atoms with Crippen molar-refractivity contribution in [2.75, 3.05) is 26.4 Å². The van der Waals surface area contributed by atoms with Crippen LogP contribution in [0.4, 0.5) is 0 Å². The molecule has 0 aliphatic carbocycles. The first kappa shape index (κ1) is 27.8. The van der Waals surface area contributed by atoms with Gasteiger partial charge in [-0.25, -0.2) is 4.79 Å². The van der Waals surface area contributed by atoms with Gasteiger partial charge in [0.15, 0.2) is 0 Å². The van der Waals surface area contributed by atoms with Gasteiger partial charge in [0.1, 0.15) is 37.9 Å². The summed E-state index contributed by atoms with van der Waals surface area (Å²) < 4.78 is 24.3. The molecule has 0 radical (unpaired) electrons. The van der Waals surface area contributed by atoms with Gasteiger partial charge in [-0.1, -0.05) is 67.2 Å². The number of benzene rings is 5. The van der Waals surface area contributed by atoms with E-state index in [-0.39, 0.29) is 32.4 Å². The summed E-state index contributed by atoms with van der Waals surface area (Å²) in [5.41, 5.74) is 3.22. The third kappa shape index (κ3) is 5.88. The fourth-order valence-corrected chi connectivity index (χ4v) is 5.57. The molecule has 0 amide bonds. The molecule has 1 aromatic heterocycles. The number of aromatic nitrogens is 1. The molecule has 0 spiro atoms. The molecule has 0 fully saturated rings. The summed E-state index contributed by atoms with van der Waals surface area (Å²) in [5.74, 6) is 0.297. The fraction of sp³-hybridized carbons (Fsp3) is 0.167. The molecule has 0 N–H and O–H groups in total. The van der Waals surface area contributed by atoms with Gasteiger partial charge in [0.05, 0.1) is 11.0 Å². The summed E-state index contributed by atoms with van der Waals surface area (Å²) >= 11 is 0. The van der Waals surface area contributed by atoms with Gasteiger partial charge in [-0.3, -0.25) is 4.79 Å². The predicted molar refractivity (Wildman–Crippen MR) is 169 cm³/mol. The van der Waals surface area contributed by atoms with E-state index in [9.17, 15) is 9.59 Å². The number of fused-ring (bicyclic) bond motifs is 7. The number of carbonyl (C=O) groups is 2. The van der Waals surface area contributed by atoms with Gasteiger partial charge >= 0.3 is 11.9 Å². The Morgan fingerprint density at radius 2 is 1.23 bits per heavy atom. The zero-order valence-corrected chi connectivity index (χ0v) is 23.9. The lowest BCUT2D eigenvalue weighted by molar-refractivity contribution is -0.141. The van der Waals surface area contributed by atoms with Gasteiger partial charge < -0.3 is 23.5 Å². The van der Waals surface area contributed by atoms with E-state index in [1.165, 1.54) is 39.2 Å². The highest BCUT2D eigenvalue weighted by molar-refractivity contribution is 6.28. The van der Waals surface area contributed by atoms with Crippen molar-refractivity contribution in [1.82, 2.24) is 4.57 Å². The van der Waals surface area contributed by atoms with Crippen molar-refractivity contribution in [1.29, 1.82) is 0 Å². The number of rotatable bonds is 11. The molecule has 0 bridgehead atoms. The van der Waals surface area contributed by atoms with E-state index in [1.54, 1.807) is 6.07 Å². The molecule has 0 atom stereocenters. The van der Waals surface area contributed by atoms with Gasteiger partial charge in [-0.2, -0.15) is 0 Å². The molecule has 0 unspecified atom stereocenters. The van der Waals surface area contributed by atoms with Crippen LogP contribution in [0, 0.1) is 0 Å². The summed E-state index contributed by atoms with van der Waals surface area (Å²) in [6, 6.07) is 31.4. The van der Waals surface area contributed by atoms with Gasteiger partial charge in [-0.05, 0) is 51.4 Å². The second-order valence-electron chi connectivity index (χ2n) is 10.2. The molecule has 7 nitrogen and oxygen atoms in total. The Morgan fingerprint density at radius 3 is 1.77 bits per heavy atom. The molecule has 43 heavy (non-hydrogen) atoms. The minimum absolute atomic E-state index is 0.0880. The van der Waals surface area contributed by atoms with Gasteiger partial charge in [-0.15, -0.1) is 0 Å². The second kappa shape index (κ2) is 12.3. The van der Waals surface area contributed by atoms with Crippen molar-refractivity contribution in [2.45, 2.75) is 13.5 Å². The van der Waals surface area contributed by atoms with E-state index in [0.717, 1.165) is 22.7 Å². The number of nitrogens with zero attached hydrogens (tertiary/aromatic N) is 1. The van der Waals surface area contributed by atoms with Crippen LogP contribution < -0.4 is 9.47 Å². The first-order valence-corrected chi connectivity index (χ1v) is 14.2. The zero-order valence-electron chi connectivity index (χ0n) is 23.9. The molecule has 0 saturated carbocycles. The summed E-state index contributed by atoms with van der Waals surface area (Å²) in [6.07, 6.45) is 1.12. The van der Waals surface area contributed by atoms with E-state index < -0.39 is 5.97 Å². The van der Waals surface area contributed by atoms with E-state index in [0.29, 0.717) is 18.0 Å². The number of hydrogen-bond donors (Lipinski definition) is 0. The largest absolute Gasteiger partial charge is 0.490 e. The number of esters is 2. The highest BCUT2D eigenvalue weighted by atomic mass is 16.6. The lowest BCUT2D eigenvalue weighted by atomic mass is 10.00. The van der Waals surface area contributed by atoms with E-state index in [2.05, 4.69) is 83.9 Å². The van der Waals surface area contributed by atoms with E-state index >= 15 is 0 Å². The molecular formula is C36H31NO6. The van der Waals surface area contributed by atoms with Crippen LogP contribution in [0.3, 0.4) is 0 Å². The van der Waals surface area contributed by atoms with Gasteiger partial charge in [0, 0.05) is 36.4 Å². The first-order chi connectivity index (χ1) is 21.0. The van der Waals surface area contributed by atoms with Crippen LogP contribution in [0.15, 0.2) is 104 Å². The fourth-order valence-electron chi connectivity index (χ4n) is 5.57. The average molecular weight is 574 g/mol. The standard InChI is InChI=1S/C36H31NO6/c1-3-34(39)43-19-18-42-29-21-25(20-28(22-29)41-17-16-40-24(2)38)23-37-32-14-12-26-8-4-6-10-30(26)35(32)36-31-11-7-5-9-27(31)13-15-33(36)37/h3-15,20-22H,1,16-19,23H2,2H3. The Labute approximate surface area is 248 Å². The Balaban J connectivity index is 1.42. The molecule has 216 valence electrons. The predicted octanol–water partition coefficient (Wildman–Crippen LogP) is 7.20. The van der Waals surface area contributed by atoms with Crippen LogP contribution in [0.25, 0.3) is 43.4 Å². The third-order valence-corrected chi connectivity index (χ3v) is 7.35. The maximum absolute atomic E-state index is 11.4. The Kier molecular flexibility index (Phi) is 7.96. The lowest BCUT2D eigenvalue weighted by Gasteiger charge is -2.14. The summed E-state index contributed by atoms with van der Waals surface area (Å²) in [5, 5.41) is 7.25. The van der Waals surface area contributed by atoms with Crippen molar-refractivity contribution in [3.05, 3.63) is 109 Å². The zero-order chi connectivity index (χ0) is 29.8. The van der Waals surface area contributed by atoms with Gasteiger partial charge in [0.2, 0.25) is 0 Å². The van der Waals surface area contributed by atoms with Crippen molar-refractivity contribution < 1.29 is 28.5 Å². The molecule has 0 aliphatic heterocycles. The smallest absolute Gasteiger partial charge is 0.330 e. The molecule has 5 aromatic carbocycles. The second-order valence-corrected chi connectivity index (χ2v) is 10.2. The average Bonchev–Trinajstić information content (AvgIpc) is 3.35. The summed E-state index contributed by atoms with van der Waals surface area (Å²) in [6.45, 7) is 5.93. The molecule has 0 saturated heterocycles. The molecular weight excluding hydrogens is 542 g/mol. The first-order valence-electron chi connectivity index (χ1n) is 14.2. The van der Waals surface area contributed by atoms with Crippen LogP contribution in [-0.4, -0.2) is 42.9 Å². The Bertz CT molecular complexity index is 1900. The quantitative estimate of drug-likeness (QED) is 0.0927. The molecule has 6 rings (SSSR count). The van der Waals surface area contributed by atoms with Crippen molar-refractivity contribution in [3.63, 3.8) is 0 Å². The molecule has 1 heterocycles. The topological polar surface area (TPSA) is 76.0 Å². The molecule has 7 heteroatoms. The van der Waals surface area contributed by atoms with Crippen molar-refractivity contribution in [3.8, 4) is 11.5 Å². The number of ether oxygens (including phenoxy) is 4. The maximum Gasteiger partial charge on any atom is 0.330 e. The van der Waals surface area contributed by atoms with Crippen LogP contribution >= 0.6 is 0 Å². The summed E-state index contributed by atoms with van der Waals surface area (Å²) in [4.78, 5) is 22.6. The van der Waals surface area contributed by atoms with Gasteiger partial charge in [0.25, 0.3) is 0 Å². The highest BCUT2D eigenvalue weighted by Crippen LogP contribution is 2.39. The van der Waals surface area contributed by atoms with Crippen LogP contribution in [0.2, 0.25) is 0 Å². The van der Waals surface area contributed by atoms with Crippen LogP contribution in [-0.2, 0) is 25.6 Å². The molecule has 6 aromatic rings. The van der Waals surface area contributed by atoms with E-state index in [1.807, 2.05) is 12.1 Å². The minimum atomic E-state index is -0.502. The minimum Gasteiger partial charge on any atom is -0.490 e.